The Morgan fingerprint density at radius 3 is 3.00 bits per heavy atom. The first-order chi connectivity index (χ1) is 5.90. The summed E-state index contributed by atoms with van der Waals surface area (Å²) in [7, 11) is 0. The van der Waals surface area contributed by atoms with Crippen LogP contribution in [0.3, 0.4) is 0 Å². The minimum Gasteiger partial charge on any atom is -0.330 e. The third-order valence-electron chi connectivity index (χ3n) is 1.69. The number of halogens is 1. The summed E-state index contributed by atoms with van der Waals surface area (Å²) in [4.78, 5) is 8.37. The van der Waals surface area contributed by atoms with Crippen molar-refractivity contribution in [2.75, 3.05) is 6.54 Å². The van der Waals surface area contributed by atoms with E-state index < -0.39 is 0 Å². The van der Waals surface area contributed by atoms with E-state index >= 15 is 0 Å². The Balaban J connectivity index is 0.000000845. The monoisotopic (exact) mass is 242 g/mol. The zero-order chi connectivity index (χ0) is 8.39. The van der Waals surface area contributed by atoms with Crippen molar-refractivity contribution >= 4 is 22.8 Å². The Morgan fingerprint density at radius 1 is 1.46 bits per heavy atom. The molecule has 0 aliphatic heterocycles. The van der Waals surface area contributed by atoms with E-state index in [2.05, 4.69) is 9.97 Å². The molecule has 13 heavy (non-hydrogen) atoms. The highest BCUT2D eigenvalue weighted by molar-refractivity contribution is 8.93. The molecule has 2 N–H and O–H groups in total. The van der Waals surface area contributed by atoms with Crippen molar-refractivity contribution in [3.8, 4) is 0 Å². The number of hydrogen-bond donors (Lipinski definition) is 1. The molecule has 4 nitrogen and oxygen atoms in total. The van der Waals surface area contributed by atoms with Crippen molar-refractivity contribution in [1.82, 2.24) is 14.4 Å². The van der Waals surface area contributed by atoms with E-state index in [0.29, 0.717) is 6.54 Å². The average molecular weight is 243 g/mol. The molecule has 0 radical (unpaired) electrons. The van der Waals surface area contributed by atoms with E-state index in [0.717, 1.165) is 17.9 Å². The van der Waals surface area contributed by atoms with Crippen LogP contribution in [0.2, 0.25) is 0 Å². The van der Waals surface area contributed by atoms with Gasteiger partial charge in [-0.3, -0.25) is 4.40 Å². The molecule has 0 unspecified atom stereocenters. The number of aromatic nitrogens is 3. The molecule has 0 atom stereocenters. The average Bonchev–Trinajstić information content (AvgIpc) is 2.47. The quantitative estimate of drug-likeness (QED) is 0.849. The highest BCUT2D eigenvalue weighted by atomic mass is 79.9. The van der Waals surface area contributed by atoms with Gasteiger partial charge in [-0.1, -0.05) is 0 Å². The van der Waals surface area contributed by atoms with Gasteiger partial charge in [0.15, 0.2) is 0 Å². The fourth-order valence-corrected chi connectivity index (χ4v) is 1.15. The largest absolute Gasteiger partial charge is 0.330 e. The van der Waals surface area contributed by atoms with Gasteiger partial charge in [-0.25, -0.2) is 9.97 Å². The minimum atomic E-state index is 0. The van der Waals surface area contributed by atoms with E-state index in [9.17, 15) is 0 Å². The van der Waals surface area contributed by atoms with Crippen molar-refractivity contribution in [2.45, 2.75) is 6.42 Å². The lowest BCUT2D eigenvalue weighted by Gasteiger charge is -1.86. The van der Waals surface area contributed by atoms with Crippen LogP contribution in [0.25, 0.3) is 5.78 Å². The number of nitrogens with two attached hydrogens (primary N) is 1. The third kappa shape index (κ3) is 2.05. The maximum atomic E-state index is 5.41. The summed E-state index contributed by atoms with van der Waals surface area (Å²) in [6.07, 6.45) is 6.42. The van der Waals surface area contributed by atoms with Gasteiger partial charge in [0.1, 0.15) is 0 Å². The Labute approximate surface area is 86.6 Å². The van der Waals surface area contributed by atoms with Gasteiger partial charge in [-0.05, 0) is 12.6 Å². The van der Waals surface area contributed by atoms with E-state index in [-0.39, 0.29) is 17.0 Å². The number of hydrogen-bond acceptors (Lipinski definition) is 3. The molecule has 0 saturated carbocycles. The zero-order valence-corrected chi connectivity index (χ0v) is 8.76. The summed E-state index contributed by atoms with van der Waals surface area (Å²) in [5.41, 5.74) is 6.41. The molecule has 0 fully saturated rings. The molecule has 0 saturated heterocycles. The summed E-state index contributed by atoms with van der Waals surface area (Å²) < 4.78 is 1.89. The van der Waals surface area contributed by atoms with Gasteiger partial charge in [-0.15, -0.1) is 17.0 Å². The van der Waals surface area contributed by atoms with Crippen LogP contribution in [0, 0.1) is 0 Å². The van der Waals surface area contributed by atoms with Gasteiger partial charge >= 0.3 is 0 Å². The van der Waals surface area contributed by atoms with Crippen LogP contribution in [0.15, 0.2) is 24.7 Å². The van der Waals surface area contributed by atoms with Gasteiger partial charge in [0.25, 0.3) is 0 Å². The van der Waals surface area contributed by atoms with Crippen LogP contribution in [-0.2, 0) is 6.42 Å². The van der Waals surface area contributed by atoms with Gasteiger partial charge in [-0.2, -0.15) is 0 Å². The smallest absolute Gasteiger partial charge is 0.233 e. The van der Waals surface area contributed by atoms with Crippen molar-refractivity contribution in [3.05, 3.63) is 30.4 Å². The number of imidazole rings is 1. The molecule has 5 heteroatoms. The summed E-state index contributed by atoms with van der Waals surface area (Å²) in [5.74, 6) is 0.737. The van der Waals surface area contributed by atoms with Crippen LogP contribution in [0.4, 0.5) is 0 Å². The Hall–Kier alpha value is -0.940. The topological polar surface area (TPSA) is 56.2 Å². The second-order valence-electron chi connectivity index (χ2n) is 2.60. The molecule has 0 amide bonds. The minimum absolute atomic E-state index is 0. The molecule has 0 aromatic carbocycles. The van der Waals surface area contributed by atoms with Crippen LogP contribution in [0.1, 0.15) is 5.69 Å². The molecule has 2 heterocycles. The highest BCUT2D eigenvalue weighted by Gasteiger charge is 1.99. The Kier molecular flexibility index (Phi) is 3.39. The number of fused-ring (bicyclic) bond motifs is 1. The fraction of sp³-hybridized carbons (Fsp3) is 0.250. The van der Waals surface area contributed by atoms with Crippen molar-refractivity contribution in [2.24, 2.45) is 5.73 Å². The van der Waals surface area contributed by atoms with E-state index in [1.54, 1.807) is 6.20 Å². The lowest BCUT2D eigenvalue weighted by molar-refractivity contribution is 0.936. The number of nitrogens with zero attached hydrogens (tertiary/aromatic N) is 3. The van der Waals surface area contributed by atoms with E-state index in [1.807, 2.05) is 22.9 Å². The third-order valence-corrected chi connectivity index (χ3v) is 1.69. The van der Waals surface area contributed by atoms with E-state index in [1.165, 1.54) is 0 Å². The standard InChI is InChI=1S/C8H10N4.BrH/c9-3-2-7-6-12-5-1-4-10-8(12)11-7;/h1,4-6H,2-3,9H2;1H. The Morgan fingerprint density at radius 2 is 2.31 bits per heavy atom. The summed E-state index contributed by atoms with van der Waals surface area (Å²) in [5, 5.41) is 0. The van der Waals surface area contributed by atoms with Crippen molar-refractivity contribution in [3.63, 3.8) is 0 Å². The van der Waals surface area contributed by atoms with Gasteiger partial charge in [0, 0.05) is 25.0 Å². The van der Waals surface area contributed by atoms with Crippen LogP contribution in [-0.4, -0.2) is 20.9 Å². The molecule has 2 aromatic heterocycles. The first-order valence-electron chi connectivity index (χ1n) is 3.89. The fourth-order valence-electron chi connectivity index (χ4n) is 1.15. The summed E-state index contributed by atoms with van der Waals surface area (Å²) in [6, 6.07) is 1.88. The second-order valence-corrected chi connectivity index (χ2v) is 2.60. The van der Waals surface area contributed by atoms with Crippen molar-refractivity contribution < 1.29 is 0 Å². The van der Waals surface area contributed by atoms with E-state index in [4.69, 9.17) is 5.73 Å². The van der Waals surface area contributed by atoms with Crippen LogP contribution >= 0.6 is 17.0 Å². The Bertz CT molecular complexity index is 351. The lowest BCUT2D eigenvalue weighted by atomic mass is 10.3. The normalized spacial score (nSPS) is 9.92. The SMILES string of the molecule is Br.NCCc1cn2cccnc2n1. The van der Waals surface area contributed by atoms with Gasteiger partial charge in [0.2, 0.25) is 5.78 Å². The maximum absolute atomic E-state index is 5.41. The molecule has 2 rings (SSSR count). The number of rotatable bonds is 2. The predicted octanol–water partition coefficient (Wildman–Crippen LogP) is 0.808. The van der Waals surface area contributed by atoms with Crippen molar-refractivity contribution in [1.29, 1.82) is 0 Å². The summed E-state index contributed by atoms with van der Waals surface area (Å²) >= 11 is 0. The first-order valence-corrected chi connectivity index (χ1v) is 3.89. The maximum Gasteiger partial charge on any atom is 0.233 e. The predicted molar refractivity (Wildman–Crippen MR) is 56.1 cm³/mol. The molecular weight excluding hydrogens is 232 g/mol. The van der Waals surface area contributed by atoms with Gasteiger partial charge < -0.3 is 5.73 Å². The van der Waals surface area contributed by atoms with Gasteiger partial charge in [0.05, 0.1) is 5.69 Å². The lowest BCUT2D eigenvalue weighted by Crippen LogP contribution is -2.02. The molecule has 0 bridgehead atoms. The zero-order valence-electron chi connectivity index (χ0n) is 7.05. The molecule has 0 spiro atoms. The molecule has 0 aliphatic rings. The molecule has 2 aromatic rings. The molecular formula is C8H11BrN4. The highest BCUT2D eigenvalue weighted by Crippen LogP contribution is 2.01. The van der Waals surface area contributed by atoms with Crippen LogP contribution in [0.5, 0.6) is 0 Å². The molecule has 70 valence electrons. The van der Waals surface area contributed by atoms with Crippen LogP contribution < -0.4 is 5.73 Å². The second kappa shape index (κ2) is 4.34. The molecule has 0 aliphatic carbocycles. The summed E-state index contributed by atoms with van der Waals surface area (Å²) in [6.45, 7) is 0.629. The first kappa shape index (κ1) is 10.1.